The van der Waals surface area contributed by atoms with E-state index in [1.165, 1.54) is 0 Å². The lowest BCUT2D eigenvalue weighted by Gasteiger charge is -1.95. The molecule has 0 aliphatic rings. The van der Waals surface area contributed by atoms with Gasteiger partial charge in [-0.1, -0.05) is 12.1 Å². The Morgan fingerprint density at radius 2 is 2.00 bits per heavy atom. The summed E-state index contributed by atoms with van der Waals surface area (Å²) in [6, 6.07) is 8.13. The van der Waals surface area contributed by atoms with E-state index in [4.69, 9.17) is 0 Å². The Morgan fingerprint density at radius 1 is 1.25 bits per heavy atom. The first-order valence-corrected chi connectivity index (χ1v) is 4.98. The van der Waals surface area contributed by atoms with Crippen molar-refractivity contribution in [3.8, 4) is 0 Å². The van der Waals surface area contributed by atoms with Gasteiger partial charge in [0.2, 0.25) is 0 Å². The molecule has 0 unspecified atom stereocenters. The van der Waals surface area contributed by atoms with Gasteiger partial charge in [-0.3, -0.25) is 0 Å². The number of hydrogen-bond acceptors (Lipinski definition) is 2. The van der Waals surface area contributed by atoms with Gasteiger partial charge in [0.25, 0.3) is 0 Å². The van der Waals surface area contributed by atoms with Crippen LogP contribution in [0.4, 0.5) is 0 Å². The van der Waals surface area contributed by atoms with Gasteiger partial charge in [0.05, 0.1) is 11.0 Å². The highest BCUT2D eigenvalue weighted by molar-refractivity contribution is 5.85. The predicted molar refractivity (Wildman–Crippen MR) is 72.8 cm³/mol. The molecule has 2 aromatic rings. The van der Waals surface area contributed by atoms with Gasteiger partial charge in [-0.2, -0.15) is 0 Å². The minimum Gasteiger partial charge on any atom is -0.342 e. The fraction of sp³-hybridized carbons (Fsp3) is 0.364. The van der Waals surface area contributed by atoms with Crippen LogP contribution in [0.1, 0.15) is 12.2 Å². The van der Waals surface area contributed by atoms with Gasteiger partial charge in [-0.15, -0.1) is 24.8 Å². The third-order valence-corrected chi connectivity index (χ3v) is 2.28. The third-order valence-electron chi connectivity index (χ3n) is 2.28. The van der Waals surface area contributed by atoms with Gasteiger partial charge < -0.3 is 10.3 Å². The van der Waals surface area contributed by atoms with E-state index >= 15 is 0 Å². The highest BCUT2D eigenvalue weighted by Crippen LogP contribution is 2.10. The van der Waals surface area contributed by atoms with Crippen LogP contribution in [0.5, 0.6) is 0 Å². The number of nitrogens with one attached hydrogen (secondary N) is 2. The molecule has 0 spiro atoms. The van der Waals surface area contributed by atoms with Crippen molar-refractivity contribution in [2.75, 3.05) is 13.6 Å². The second-order valence-corrected chi connectivity index (χ2v) is 3.41. The number of para-hydroxylation sites is 2. The summed E-state index contributed by atoms with van der Waals surface area (Å²) in [7, 11) is 1.97. The molecule has 0 aliphatic heterocycles. The van der Waals surface area contributed by atoms with Crippen LogP contribution in [-0.2, 0) is 6.42 Å². The maximum absolute atomic E-state index is 4.50. The first kappa shape index (κ1) is 15.2. The molecule has 90 valence electrons. The lowest BCUT2D eigenvalue weighted by atomic mass is 10.3. The fourth-order valence-corrected chi connectivity index (χ4v) is 1.56. The predicted octanol–water partition coefficient (Wildman–Crippen LogP) is 2.56. The van der Waals surface area contributed by atoms with Gasteiger partial charge >= 0.3 is 0 Å². The molecule has 0 atom stereocenters. The summed E-state index contributed by atoms with van der Waals surface area (Å²) in [4.78, 5) is 7.82. The molecule has 0 aliphatic carbocycles. The fourth-order valence-electron chi connectivity index (χ4n) is 1.56. The number of imidazole rings is 1. The van der Waals surface area contributed by atoms with Crippen LogP contribution in [0.3, 0.4) is 0 Å². The summed E-state index contributed by atoms with van der Waals surface area (Å²) in [5.74, 6) is 1.08. The number of halogens is 2. The largest absolute Gasteiger partial charge is 0.342 e. The van der Waals surface area contributed by atoms with Crippen LogP contribution in [-0.4, -0.2) is 23.6 Å². The average molecular weight is 262 g/mol. The molecule has 0 amide bonds. The Bertz CT molecular complexity index is 381. The molecule has 0 saturated heterocycles. The minimum atomic E-state index is 0. The van der Waals surface area contributed by atoms with Crippen molar-refractivity contribution < 1.29 is 0 Å². The van der Waals surface area contributed by atoms with E-state index in [1.807, 2.05) is 25.2 Å². The summed E-state index contributed by atoms with van der Waals surface area (Å²) in [6.45, 7) is 1.04. The normalized spacial score (nSPS) is 9.56. The van der Waals surface area contributed by atoms with Gasteiger partial charge in [-0.05, 0) is 32.1 Å². The first-order valence-electron chi connectivity index (χ1n) is 4.98. The lowest BCUT2D eigenvalue weighted by Crippen LogP contribution is -2.08. The molecule has 3 nitrogen and oxygen atoms in total. The van der Waals surface area contributed by atoms with Gasteiger partial charge in [-0.25, -0.2) is 4.98 Å². The van der Waals surface area contributed by atoms with E-state index in [0.717, 1.165) is 36.2 Å². The standard InChI is InChI=1S/C11H15N3.2ClH/c1-12-8-4-7-11-13-9-5-2-3-6-10(9)14-11;;/h2-3,5-6,12H,4,7-8H2,1H3,(H,13,14);2*1H. The molecule has 0 fully saturated rings. The van der Waals surface area contributed by atoms with Crippen LogP contribution >= 0.6 is 24.8 Å². The smallest absolute Gasteiger partial charge is 0.107 e. The first-order chi connectivity index (χ1) is 6.90. The van der Waals surface area contributed by atoms with E-state index in [9.17, 15) is 0 Å². The number of hydrogen-bond donors (Lipinski definition) is 2. The Hall–Kier alpha value is -0.770. The highest BCUT2D eigenvalue weighted by Gasteiger charge is 2.00. The topological polar surface area (TPSA) is 40.7 Å². The minimum absolute atomic E-state index is 0. The van der Waals surface area contributed by atoms with Crippen LogP contribution in [0, 0.1) is 0 Å². The van der Waals surface area contributed by atoms with Crippen molar-refractivity contribution in [1.82, 2.24) is 15.3 Å². The number of aryl methyl sites for hydroxylation is 1. The Labute approximate surface area is 108 Å². The van der Waals surface area contributed by atoms with Crippen molar-refractivity contribution in [3.05, 3.63) is 30.1 Å². The zero-order valence-corrected chi connectivity index (χ0v) is 10.8. The molecule has 2 rings (SSSR count). The Morgan fingerprint density at radius 3 is 2.69 bits per heavy atom. The van der Waals surface area contributed by atoms with E-state index < -0.39 is 0 Å². The van der Waals surface area contributed by atoms with E-state index in [0.29, 0.717) is 0 Å². The number of fused-ring (bicyclic) bond motifs is 1. The van der Waals surface area contributed by atoms with Gasteiger partial charge in [0.15, 0.2) is 0 Å². The molecule has 0 saturated carbocycles. The number of rotatable bonds is 4. The van der Waals surface area contributed by atoms with Crippen molar-refractivity contribution in [2.45, 2.75) is 12.8 Å². The summed E-state index contributed by atoms with van der Waals surface area (Å²) in [5.41, 5.74) is 2.19. The zero-order chi connectivity index (χ0) is 9.80. The number of aromatic amines is 1. The van der Waals surface area contributed by atoms with Gasteiger partial charge in [0, 0.05) is 6.42 Å². The second-order valence-electron chi connectivity index (χ2n) is 3.41. The Balaban J connectivity index is 0.00000112. The van der Waals surface area contributed by atoms with Crippen molar-refractivity contribution in [2.24, 2.45) is 0 Å². The summed E-state index contributed by atoms with van der Waals surface area (Å²) in [6.07, 6.45) is 2.13. The van der Waals surface area contributed by atoms with Crippen molar-refractivity contribution in [1.29, 1.82) is 0 Å². The van der Waals surface area contributed by atoms with Gasteiger partial charge in [0.1, 0.15) is 5.82 Å². The maximum Gasteiger partial charge on any atom is 0.107 e. The SMILES string of the molecule is CNCCCc1nc2ccccc2[nH]1.Cl.Cl. The van der Waals surface area contributed by atoms with Crippen LogP contribution in [0.15, 0.2) is 24.3 Å². The highest BCUT2D eigenvalue weighted by atomic mass is 35.5. The van der Waals surface area contributed by atoms with Crippen LogP contribution in [0.2, 0.25) is 0 Å². The number of benzene rings is 1. The molecule has 0 bridgehead atoms. The zero-order valence-electron chi connectivity index (χ0n) is 9.19. The van der Waals surface area contributed by atoms with Crippen LogP contribution in [0.25, 0.3) is 11.0 Å². The summed E-state index contributed by atoms with van der Waals surface area (Å²) in [5, 5.41) is 3.13. The average Bonchev–Trinajstić information content (AvgIpc) is 2.60. The molecule has 1 aromatic carbocycles. The molecule has 16 heavy (non-hydrogen) atoms. The molecular weight excluding hydrogens is 245 g/mol. The molecule has 0 radical (unpaired) electrons. The third kappa shape index (κ3) is 3.67. The molecular formula is C11H17Cl2N3. The maximum atomic E-state index is 4.50. The van der Waals surface area contributed by atoms with Crippen molar-refractivity contribution in [3.63, 3.8) is 0 Å². The number of nitrogens with zero attached hydrogens (tertiary/aromatic N) is 1. The molecule has 1 aromatic heterocycles. The Kier molecular flexibility index (Phi) is 7.13. The second kappa shape index (κ2) is 7.49. The molecule has 2 N–H and O–H groups in total. The quantitative estimate of drug-likeness (QED) is 0.831. The number of aromatic nitrogens is 2. The van der Waals surface area contributed by atoms with Crippen LogP contribution < -0.4 is 5.32 Å². The van der Waals surface area contributed by atoms with E-state index in [-0.39, 0.29) is 24.8 Å². The van der Waals surface area contributed by atoms with E-state index in [2.05, 4.69) is 21.4 Å². The summed E-state index contributed by atoms with van der Waals surface area (Å²) < 4.78 is 0. The van der Waals surface area contributed by atoms with E-state index in [1.54, 1.807) is 0 Å². The molecule has 5 heteroatoms. The molecule has 1 heterocycles. The monoisotopic (exact) mass is 261 g/mol. The van der Waals surface area contributed by atoms with Crippen molar-refractivity contribution >= 4 is 35.8 Å². The number of H-pyrrole nitrogens is 1. The summed E-state index contributed by atoms with van der Waals surface area (Å²) >= 11 is 0. The lowest BCUT2D eigenvalue weighted by molar-refractivity contribution is 0.709.